The third kappa shape index (κ3) is 3.03. The number of nitrogens with zero attached hydrogens (tertiary/aromatic N) is 4. The van der Waals surface area contributed by atoms with Gasteiger partial charge in [-0.15, -0.1) is 0 Å². The van der Waals surface area contributed by atoms with E-state index in [1.807, 2.05) is 0 Å². The van der Waals surface area contributed by atoms with Crippen LogP contribution in [-0.4, -0.2) is 38.7 Å². The van der Waals surface area contributed by atoms with E-state index in [1.165, 1.54) is 30.7 Å². The normalized spacial score (nSPS) is 21.7. The molecule has 1 N–H and O–H groups in total. The van der Waals surface area contributed by atoms with Crippen molar-refractivity contribution < 1.29 is 9.26 Å². The van der Waals surface area contributed by atoms with Gasteiger partial charge in [0.2, 0.25) is 0 Å². The molecule has 1 fully saturated rings. The van der Waals surface area contributed by atoms with Crippen molar-refractivity contribution >= 4 is 0 Å². The van der Waals surface area contributed by atoms with E-state index in [-0.39, 0.29) is 0 Å². The second kappa shape index (κ2) is 6.41. The average molecular weight is 317 g/mol. The molecular weight excluding hydrogens is 294 g/mol. The number of hydrogen-bond donors (Lipinski definition) is 1. The smallest absolute Gasteiger partial charge is 0.252 e. The second-order valence-corrected chi connectivity index (χ2v) is 6.42. The fourth-order valence-corrected chi connectivity index (χ4v) is 3.68. The van der Waals surface area contributed by atoms with E-state index < -0.39 is 0 Å². The first-order valence-electron chi connectivity index (χ1n) is 8.45. The molecule has 1 saturated heterocycles. The van der Waals surface area contributed by atoms with Crippen molar-refractivity contribution in [3.63, 3.8) is 0 Å². The number of fused-ring (bicyclic) bond motifs is 1. The molecule has 0 spiro atoms. The summed E-state index contributed by atoms with van der Waals surface area (Å²) in [4.78, 5) is 15.2. The number of hydrogen-bond acceptors (Lipinski definition) is 6. The van der Waals surface area contributed by atoms with Gasteiger partial charge in [-0.25, -0.2) is 4.98 Å². The highest BCUT2D eigenvalue weighted by Crippen LogP contribution is 2.33. The summed E-state index contributed by atoms with van der Waals surface area (Å²) in [7, 11) is 1.62. The molecule has 1 atom stereocenters. The van der Waals surface area contributed by atoms with E-state index in [4.69, 9.17) is 14.2 Å². The molecule has 0 unspecified atom stereocenters. The van der Waals surface area contributed by atoms with Crippen LogP contribution >= 0.6 is 0 Å². The molecule has 7 nitrogen and oxygen atoms in total. The number of aryl methyl sites for hydroxylation is 2. The van der Waals surface area contributed by atoms with Crippen LogP contribution in [0.4, 0.5) is 0 Å². The van der Waals surface area contributed by atoms with Gasteiger partial charge in [-0.1, -0.05) is 5.16 Å². The monoisotopic (exact) mass is 317 g/mol. The molecule has 7 heteroatoms. The first-order chi connectivity index (χ1) is 11.3. The van der Waals surface area contributed by atoms with Crippen molar-refractivity contribution in [3.8, 4) is 0 Å². The summed E-state index contributed by atoms with van der Waals surface area (Å²) in [5.41, 5.74) is 2.63. The molecular formula is C16H23N5O2. The summed E-state index contributed by atoms with van der Waals surface area (Å²) in [5, 5.41) is 4.05. The van der Waals surface area contributed by atoms with Crippen LogP contribution in [0.5, 0.6) is 0 Å². The van der Waals surface area contributed by atoms with Gasteiger partial charge in [0.15, 0.2) is 5.82 Å². The molecule has 0 saturated carbocycles. The standard InChI is InChI=1S/C16H23N5O2/c1-22-10-15-19-14(20-23-15)9-21-8-4-7-13(21)16-17-11-5-2-3-6-12(11)18-16/h13H,2-10H2,1H3,(H,17,18)/t13-/m1/s1. The summed E-state index contributed by atoms with van der Waals surface area (Å²) < 4.78 is 10.2. The molecule has 2 aromatic rings. The largest absolute Gasteiger partial charge is 0.375 e. The van der Waals surface area contributed by atoms with Crippen LogP contribution in [-0.2, 0) is 30.7 Å². The predicted molar refractivity (Wildman–Crippen MR) is 82.6 cm³/mol. The predicted octanol–water partition coefficient (Wildman–Crippen LogP) is 2.16. The lowest BCUT2D eigenvalue weighted by molar-refractivity contribution is 0.151. The Balaban J connectivity index is 1.48. The first kappa shape index (κ1) is 14.8. The Hall–Kier alpha value is -1.73. The lowest BCUT2D eigenvalue weighted by Crippen LogP contribution is -2.24. The number of ether oxygens (including phenoxy) is 1. The minimum absolute atomic E-state index is 0.338. The number of aromatic amines is 1. The molecule has 2 aromatic heterocycles. The van der Waals surface area contributed by atoms with E-state index >= 15 is 0 Å². The third-order valence-electron chi connectivity index (χ3n) is 4.77. The maximum absolute atomic E-state index is 5.19. The topological polar surface area (TPSA) is 80.1 Å². The van der Waals surface area contributed by atoms with Gasteiger partial charge >= 0.3 is 0 Å². The van der Waals surface area contributed by atoms with Crippen molar-refractivity contribution in [2.45, 2.75) is 57.7 Å². The number of H-pyrrole nitrogens is 1. The van der Waals surface area contributed by atoms with Crippen LogP contribution in [0, 0.1) is 0 Å². The fourth-order valence-electron chi connectivity index (χ4n) is 3.68. The van der Waals surface area contributed by atoms with Crippen LogP contribution in [0.25, 0.3) is 0 Å². The maximum atomic E-state index is 5.19. The lowest BCUT2D eigenvalue weighted by atomic mass is 10.0. The molecule has 0 aromatic carbocycles. The molecule has 0 radical (unpaired) electrons. The maximum Gasteiger partial charge on any atom is 0.252 e. The lowest BCUT2D eigenvalue weighted by Gasteiger charge is -2.20. The van der Waals surface area contributed by atoms with Crippen molar-refractivity contribution in [1.82, 2.24) is 25.0 Å². The Morgan fingerprint density at radius 2 is 2.17 bits per heavy atom. The van der Waals surface area contributed by atoms with Crippen molar-refractivity contribution in [3.05, 3.63) is 28.9 Å². The van der Waals surface area contributed by atoms with Gasteiger partial charge in [0.05, 0.1) is 18.3 Å². The summed E-state index contributed by atoms with van der Waals surface area (Å²) in [6.45, 7) is 2.11. The summed E-state index contributed by atoms with van der Waals surface area (Å²) >= 11 is 0. The van der Waals surface area contributed by atoms with Gasteiger partial charge in [0, 0.05) is 12.8 Å². The minimum atomic E-state index is 0.338. The number of likely N-dealkylation sites (tertiary alicyclic amines) is 1. The zero-order valence-corrected chi connectivity index (χ0v) is 13.5. The SMILES string of the molecule is COCc1nc(CN2CCC[C@@H]2c2nc3c([nH]2)CCCC3)no1. The van der Waals surface area contributed by atoms with E-state index in [0.29, 0.717) is 25.1 Å². The van der Waals surface area contributed by atoms with E-state index in [9.17, 15) is 0 Å². The van der Waals surface area contributed by atoms with Crippen molar-refractivity contribution in [1.29, 1.82) is 0 Å². The van der Waals surface area contributed by atoms with E-state index in [0.717, 1.165) is 37.5 Å². The molecule has 0 amide bonds. The van der Waals surface area contributed by atoms with Gasteiger partial charge in [0.1, 0.15) is 12.4 Å². The van der Waals surface area contributed by atoms with Gasteiger partial charge in [-0.2, -0.15) is 4.98 Å². The Morgan fingerprint density at radius 1 is 1.26 bits per heavy atom. The highest BCUT2D eigenvalue weighted by atomic mass is 16.5. The van der Waals surface area contributed by atoms with Crippen LogP contribution in [0.1, 0.15) is 60.7 Å². The Labute approximate surface area is 135 Å². The molecule has 124 valence electrons. The number of nitrogens with one attached hydrogen (secondary N) is 1. The Kier molecular flexibility index (Phi) is 4.13. The average Bonchev–Trinajstić information content (AvgIpc) is 3.27. The number of methoxy groups -OCH3 is 1. The second-order valence-electron chi connectivity index (χ2n) is 6.42. The number of imidazole rings is 1. The van der Waals surface area contributed by atoms with Gasteiger partial charge in [-0.05, 0) is 45.1 Å². The highest BCUT2D eigenvalue weighted by Gasteiger charge is 2.30. The number of aromatic nitrogens is 4. The van der Waals surface area contributed by atoms with Crippen LogP contribution in [0.15, 0.2) is 4.52 Å². The summed E-state index contributed by atoms with van der Waals surface area (Å²) in [5.74, 6) is 2.38. The molecule has 0 bridgehead atoms. The van der Waals surface area contributed by atoms with Crippen molar-refractivity contribution in [2.24, 2.45) is 0 Å². The van der Waals surface area contributed by atoms with Gasteiger partial charge in [-0.3, -0.25) is 4.90 Å². The van der Waals surface area contributed by atoms with Crippen LogP contribution in [0.3, 0.4) is 0 Å². The quantitative estimate of drug-likeness (QED) is 0.910. The Morgan fingerprint density at radius 3 is 3.04 bits per heavy atom. The first-order valence-corrected chi connectivity index (χ1v) is 8.45. The highest BCUT2D eigenvalue weighted by molar-refractivity contribution is 5.19. The van der Waals surface area contributed by atoms with E-state index in [1.54, 1.807) is 7.11 Å². The van der Waals surface area contributed by atoms with E-state index in [2.05, 4.69) is 20.0 Å². The summed E-state index contributed by atoms with van der Waals surface area (Å²) in [6.07, 6.45) is 7.10. The fraction of sp³-hybridized carbons (Fsp3) is 0.688. The van der Waals surface area contributed by atoms with Crippen molar-refractivity contribution in [2.75, 3.05) is 13.7 Å². The van der Waals surface area contributed by atoms with Gasteiger partial charge in [0.25, 0.3) is 5.89 Å². The zero-order chi connectivity index (χ0) is 15.6. The molecule has 3 heterocycles. The molecule has 1 aliphatic carbocycles. The molecule has 2 aliphatic rings. The molecule has 4 rings (SSSR count). The van der Waals surface area contributed by atoms with Crippen LogP contribution in [0.2, 0.25) is 0 Å². The Bertz CT molecular complexity index is 642. The third-order valence-corrected chi connectivity index (χ3v) is 4.77. The zero-order valence-electron chi connectivity index (χ0n) is 13.5. The van der Waals surface area contributed by atoms with Crippen LogP contribution < -0.4 is 0 Å². The number of rotatable bonds is 5. The molecule has 23 heavy (non-hydrogen) atoms. The minimum Gasteiger partial charge on any atom is -0.375 e. The molecule has 1 aliphatic heterocycles. The summed E-state index contributed by atoms with van der Waals surface area (Å²) in [6, 6.07) is 0.338. The van der Waals surface area contributed by atoms with Gasteiger partial charge < -0.3 is 14.2 Å².